The van der Waals surface area contributed by atoms with Crippen LogP contribution in [-0.2, 0) is 9.53 Å². The highest BCUT2D eigenvalue weighted by Gasteiger charge is 1.98. The molecule has 3 nitrogen and oxygen atoms in total. The summed E-state index contributed by atoms with van der Waals surface area (Å²) in [5.41, 5.74) is 0.451. The predicted octanol–water partition coefficient (Wildman–Crippen LogP) is 3.64. The largest absolute Gasteiger partial charge is 0.463 e. The van der Waals surface area contributed by atoms with E-state index in [1.54, 1.807) is 13.8 Å². The van der Waals surface area contributed by atoms with Crippen molar-refractivity contribution in [2.45, 2.75) is 53.9 Å². The van der Waals surface area contributed by atoms with Crippen molar-refractivity contribution in [3.8, 4) is 0 Å². The van der Waals surface area contributed by atoms with Crippen LogP contribution in [0.15, 0.2) is 12.2 Å². The van der Waals surface area contributed by atoms with Gasteiger partial charge in [0.1, 0.15) is 0 Å². The number of ether oxygens (including phenoxy) is 1. The molecule has 0 unspecified atom stereocenters. The lowest BCUT2D eigenvalue weighted by atomic mass is 10.3. The number of carbonyl (C=O) groups is 1. The van der Waals surface area contributed by atoms with Crippen molar-refractivity contribution in [2.24, 2.45) is 0 Å². The topological polar surface area (TPSA) is 29.5 Å². The summed E-state index contributed by atoms with van der Waals surface area (Å²) in [5.74, 6) is -0.312. The number of hydrogen-bond donors (Lipinski definition) is 0. The van der Waals surface area contributed by atoms with Crippen LogP contribution in [0.25, 0.3) is 0 Å². The summed E-state index contributed by atoms with van der Waals surface area (Å²) in [6.07, 6.45) is 3.88. The molecule has 0 aromatic heterocycles. The van der Waals surface area contributed by atoms with Crippen LogP contribution in [0, 0.1) is 0 Å². The zero-order valence-corrected chi connectivity index (χ0v) is 12.9. The van der Waals surface area contributed by atoms with Crippen LogP contribution >= 0.6 is 0 Å². The third kappa shape index (κ3) is 13.2. The van der Waals surface area contributed by atoms with Crippen molar-refractivity contribution in [1.82, 2.24) is 4.90 Å². The molecule has 18 heavy (non-hydrogen) atoms. The van der Waals surface area contributed by atoms with Crippen LogP contribution in [0.5, 0.6) is 0 Å². The van der Waals surface area contributed by atoms with Crippen LogP contribution in [0.2, 0.25) is 0 Å². The first-order chi connectivity index (χ1) is 8.53. The Labute approximate surface area is 113 Å². The summed E-state index contributed by atoms with van der Waals surface area (Å²) in [6, 6.07) is 0. The van der Waals surface area contributed by atoms with Crippen molar-refractivity contribution in [2.75, 3.05) is 26.2 Å². The first-order valence-electron chi connectivity index (χ1n) is 7.08. The van der Waals surface area contributed by atoms with E-state index < -0.39 is 0 Å². The Balaban J connectivity index is 0. The molecule has 0 spiro atoms. The summed E-state index contributed by atoms with van der Waals surface area (Å²) in [5, 5.41) is 0. The maximum absolute atomic E-state index is 10.4. The van der Waals surface area contributed by atoms with E-state index in [9.17, 15) is 4.79 Å². The van der Waals surface area contributed by atoms with Gasteiger partial charge in [-0.05, 0) is 52.7 Å². The van der Waals surface area contributed by atoms with E-state index in [2.05, 4.69) is 37.0 Å². The zero-order chi connectivity index (χ0) is 14.4. The van der Waals surface area contributed by atoms with Crippen LogP contribution in [-0.4, -0.2) is 37.1 Å². The molecule has 0 bridgehead atoms. The zero-order valence-electron chi connectivity index (χ0n) is 12.9. The standard InChI is InChI=1S/C9H21N.C6H10O2/c1-4-7-10(8-5-2)9-6-3;1-4-8-6(7)5(2)3/h4-9H2,1-3H3;2,4H2,1,3H3. The van der Waals surface area contributed by atoms with Gasteiger partial charge in [-0.1, -0.05) is 27.4 Å². The first kappa shape index (κ1) is 19.5. The summed E-state index contributed by atoms with van der Waals surface area (Å²) < 4.78 is 4.56. The van der Waals surface area contributed by atoms with Gasteiger partial charge >= 0.3 is 5.97 Å². The third-order valence-electron chi connectivity index (χ3n) is 2.24. The highest BCUT2D eigenvalue weighted by molar-refractivity contribution is 5.86. The van der Waals surface area contributed by atoms with Gasteiger partial charge in [0.2, 0.25) is 0 Å². The van der Waals surface area contributed by atoms with Crippen LogP contribution in [0.3, 0.4) is 0 Å². The minimum Gasteiger partial charge on any atom is -0.463 e. The van der Waals surface area contributed by atoms with Gasteiger partial charge in [0.05, 0.1) is 6.61 Å². The van der Waals surface area contributed by atoms with E-state index >= 15 is 0 Å². The number of rotatable bonds is 8. The molecule has 108 valence electrons. The van der Waals surface area contributed by atoms with Crippen molar-refractivity contribution >= 4 is 5.97 Å². The minimum atomic E-state index is -0.312. The van der Waals surface area contributed by atoms with Gasteiger partial charge in [0, 0.05) is 5.57 Å². The second-order valence-corrected chi connectivity index (χ2v) is 4.34. The summed E-state index contributed by atoms with van der Waals surface area (Å²) in [6.45, 7) is 17.8. The Bertz CT molecular complexity index is 200. The molecule has 0 aromatic carbocycles. The van der Waals surface area contributed by atoms with Gasteiger partial charge in [-0.25, -0.2) is 4.79 Å². The minimum absolute atomic E-state index is 0.312. The number of nitrogens with zero attached hydrogens (tertiary/aromatic N) is 1. The average Bonchev–Trinajstić information content (AvgIpc) is 2.31. The van der Waals surface area contributed by atoms with Crippen LogP contribution < -0.4 is 0 Å². The molecular formula is C15H31NO2. The molecule has 0 amide bonds. The average molecular weight is 257 g/mol. The summed E-state index contributed by atoms with van der Waals surface area (Å²) in [4.78, 5) is 13.0. The first-order valence-corrected chi connectivity index (χ1v) is 7.08. The smallest absolute Gasteiger partial charge is 0.333 e. The second kappa shape index (κ2) is 14.2. The Hall–Kier alpha value is -0.830. The summed E-state index contributed by atoms with van der Waals surface area (Å²) >= 11 is 0. The van der Waals surface area contributed by atoms with Crippen LogP contribution in [0.1, 0.15) is 53.9 Å². The molecule has 0 N–H and O–H groups in total. The maximum Gasteiger partial charge on any atom is 0.333 e. The molecular weight excluding hydrogens is 226 g/mol. The summed E-state index contributed by atoms with van der Waals surface area (Å²) in [7, 11) is 0. The molecule has 0 aliphatic rings. The fourth-order valence-corrected chi connectivity index (χ4v) is 1.54. The van der Waals surface area contributed by atoms with Gasteiger partial charge < -0.3 is 9.64 Å². The number of carbonyl (C=O) groups excluding carboxylic acids is 1. The number of hydrogen-bond acceptors (Lipinski definition) is 3. The van der Waals surface area contributed by atoms with E-state index in [1.165, 1.54) is 38.9 Å². The molecule has 0 saturated heterocycles. The fourth-order valence-electron chi connectivity index (χ4n) is 1.54. The van der Waals surface area contributed by atoms with E-state index in [-0.39, 0.29) is 5.97 Å². The normalized spacial score (nSPS) is 9.67. The highest BCUT2D eigenvalue weighted by Crippen LogP contribution is 1.94. The van der Waals surface area contributed by atoms with Crippen molar-refractivity contribution in [1.29, 1.82) is 0 Å². The number of esters is 1. The lowest BCUT2D eigenvalue weighted by molar-refractivity contribution is -0.138. The maximum atomic E-state index is 10.4. The van der Waals surface area contributed by atoms with Gasteiger partial charge in [-0.15, -0.1) is 0 Å². The Kier molecular flexibility index (Phi) is 15.4. The van der Waals surface area contributed by atoms with Crippen molar-refractivity contribution in [3.63, 3.8) is 0 Å². The molecule has 0 radical (unpaired) electrons. The molecule has 0 rings (SSSR count). The molecule has 0 heterocycles. The van der Waals surface area contributed by atoms with Gasteiger partial charge in [-0.2, -0.15) is 0 Å². The molecule has 3 heteroatoms. The van der Waals surface area contributed by atoms with Gasteiger partial charge in [0.25, 0.3) is 0 Å². The van der Waals surface area contributed by atoms with Gasteiger partial charge in [-0.3, -0.25) is 0 Å². The fraction of sp³-hybridized carbons (Fsp3) is 0.800. The second-order valence-electron chi connectivity index (χ2n) is 4.34. The molecule has 0 fully saturated rings. The molecule has 0 aliphatic carbocycles. The monoisotopic (exact) mass is 257 g/mol. The predicted molar refractivity (Wildman–Crippen MR) is 78.8 cm³/mol. The Morgan fingerprint density at radius 2 is 1.39 bits per heavy atom. The lowest BCUT2D eigenvalue weighted by Crippen LogP contribution is -2.25. The van der Waals surface area contributed by atoms with Crippen LogP contribution in [0.4, 0.5) is 0 Å². The van der Waals surface area contributed by atoms with E-state index in [1.807, 2.05) is 0 Å². The lowest BCUT2D eigenvalue weighted by Gasteiger charge is -2.19. The highest BCUT2D eigenvalue weighted by atomic mass is 16.5. The molecule has 0 saturated carbocycles. The molecule has 0 aromatic rings. The quantitative estimate of drug-likeness (QED) is 0.491. The van der Waals surface area contributed by atoms with Gasteiger partial charge in [0.15, 0.2) is 0 Å². The van der Waals surface area contributed by atoms with Crippen molar-refractivity contribution in [3.05, 3.63) is 12.2 Å². The van der Waals surface area contributed by atoms with E-state index in [0.29, 0.717) is 12.2 Å². The van der Waals surface area contributed by atoms with Crippen molar-refractivity contribution < 1.29 is 9.53 Å². The Morgan fingerprint density at radius 1 is 1.00 bits per heavy atom. The van der Waals surface area contributed by atoms with E-state index in [4.69, 9.17) is 0 Å². The molecule has 0 atom stereocenters. The third-order valence-corrected chi connectivity index (χ3v) is 2.24. The molecule has 0 aliphatic heterocycles. The van der Waals surface area contributed by atoms with E-state index in [0.717, 1.165) is 0 Å². The SMILES string of the molecule is C=C(C)C(=O)OCC.CCCN(CCC)CCC. The Morgan fingerprint density at radius 3 is 1.56 bits per heavy atom.